The van der Waals surface area contributed by atoms with Crippen LogP contribution in [0.15, 0.2) is 42.6 Å². The molecule has 1 saturated heterocycles. The van der Waals surface area contributed by atoms with Gasteiger partial charge in [-0.1, -0.05) is 0 Å². The topological polar surface area (TPSA) is 69.5 Å². The zero-order valence-corrected chi connectivity index (χ0v) is 16.8. The average Bonchev–Trinajstić information content (AvgIpc) is 3.36. The Bertz CT molecular complexity index is 1070. The number of halogens is 3. The first-order valence-corrected chi connectivity index (χ1v) is 9.81. The molecule has 1 aliphatic rings. The molecule has 2 aromatic heterocycles. The number of pyridine rings is 1. The van der Waals surface area contributed by atoms with E-state index in [-0.39, 0.29) is 17.6 Å². The first-order chi connectivity index (χ1) is 14.9. The second kappa shape index (κ2) is 8.54. The number of fused-ring (bicyclic) bond motifs is 1. The molecule has 10 heteroatoms. The van der Waals surface area contributed by atoms with E-state index >= 15 is 0 Å². The highest BCUT2D eigenvalue weighted by Crippen LogP contribution is 2.30. The van der Waals surface area contributed by atoms with E-state index in [9.17, 15) is 18.0 Å². The van der Waals surface area contributed by atoms with Crippen LogP contribution in [0, 0.1) is 0 Å². The van der Waals surface area contributed by atoms with Gasteiger partial charge in [-0.2, -0.15) is 0 Å². The van der Waals surface area contributed by atoms with Crippen molar-refractivity contribution in [3.05, 3.63) is 54.0 Å². The fourth-order valence-electron chi connectivity index (χ4n) is 3.83. The van der Waals surface area contributed by atoms with Crippen LogP contribution < -0.4 is 4.74 Å². The molecule has 1 atom stereocenters. The number of amides is 1. The smallest absolute Gasteiger partial charge is 0.406 e. The molecule has 1 aliphatic heterocycles. The third-order valence-electron chi connectivity index (χ3n) is 5.23. The zero-order chi connectivity index (χ0) is 22.0. The van der Waals surface area contributed by atoms with E-state index in [0.29, 0.717) is 31.8 Å². The number of carbonyl (C=O) groups is 1. The van der Waals surface area contributed by atoms with E-state index in [0.717, 1.165) is 35.5 Å². The minimum atomic E-state index is -4.77. The summed E-state index contributed by atoms with van der Waals surface area (Å²) in [5, 5.41) is 0. The fourth-order valence-corrected chi connectivity index (χ4v) is 3.83. The van der Waals surface area contributed by atoms with E-state index < -0.39 is 6.36 Å². The van der Waals surface area contributed by atoms with Crippen molar-refractivity contribution in [2.24, 2.45) is 0 Å². The second-order valence-corrected chi connectivity index (χ2v) is 7.27. The van der Waals surface area contributed by atoms with Gasteiger partial charge in [0.15, 0.2) is 5.65 Å². The highest BCUT2D eigenvalue weighted by molar-refractivity contribution is 5.94. The van der Waals surface area contributed by atoms with Gasteiger partial charge in [0.05, 0.1) is 6.61 Å². The van der Waals surface area contributed by atoms with Gasteiger partial charge in [-0.3, -0.25) is 4.79 Å². The second-order valence-electron chi connectivity index (χ2n) is 7.27. The summed E-state index contributed by atoms with van der Waals surface area (Å²) in [6, 6.07) is 8.70. The Kier molecular flexibility index (Phi) is 5.81. The summed E-state index contributed by atoms with van der Waals surface area (Å²) in [7, 11) is 1.63. The van der Waals surface area contributed by atoms with Crippen LogP contribution >= 0.6 is 0 Å². The van der Waals surface area contributed by atoms with E-state index in [1.807, 2.05) is 16.7 Å². The lowest BCUT2D eigenvalue weighted by Crippen LogP contribution is -2.28. The average molecular weight is 434 g/mol. The van der Waals surface area contributed by atoms with Crippen LogP contribution in [0.1, 0.15) is 28.5 Å². The van der Waals surface area contributed by atoms with Crippen LogP contribution in [0.25, 0.3) is 11.2 Å². The number of nitrogens with zero attached hydrogens (tertiary/aromatic N) is 4. The lowest BCUT2D eigenvalue weighted by Gasteiger charge is -2.17. The standard InChI is InChI=1S/C21H21F3N4O3/c1-30-12-11-28-18(26-17-3-2-9-25-19(17)28)15-8-10-27(13-15)20(29)14-4-6-16(7-5-14)31-21(22,23)24/h2-7,9,15H,8,10-13H2,1H3/t15-/m1/s1. The van der Waals surface area contributed by atoms with Crippen molar-refractivity contribution >= 4 is 17.1 Å². The number of likely N-dealkylation sites (tertiary alicyclic amines) is 1. The van der Waals surface area contributed by atoms with Crippen LogP contribution in [0.5, 0.6) is 5.75 Å². The maximum atomic E-state index is 12.9. The van der Waals surface area contributed by atoms with Gasteiger partial charge in [0.25, 0.3) is 5.91 Å². The summed E-state index contributed by atoms with van der Waals surface area (Å²) < 4.78 is 48.1. The molecular formula is C21H21F3N4O3. The molecule has 0 N–H and O–H groups in total. The Balaban J connectivity index is 1.50. The van der Waals surface area contributed by atoms with Gasteiger partial charge < -0.3 is 18.9 Å². The normalized spacial score (nSPS) is 16.8. The summed E-state index contributed by atoms with van der Waals surface area (Å²) in [4.78, 5) is 23.7. The summed E-state index contributed by atoms with van der Waals surface area (Å²) >= 11 is 0. The molecule has 1 aromatic carbocycles. The van der Waals surface area contributed by atoms with Crippen LogP contribution in [0.4, 0.5) is 13.2 Å². The monoisotopic (exact) mass is 434 g/mol. The van der Waals surface area contributed by atoms with Gasteiger partial charge in [-0.15, -0.1) is 13.2 Å². The van der Waals surface area contributed by atoms with Crippen molar-refractivity contribution in [2.75, 3.05) is 26.8 Å². The number of hydrogen-bond acceptors (Lipinski definition) is 5. The molecule has 0 bridgehead atoms. The first kappa shape index (κ1) is 21.1. The minimum absolute atomic E-state index is 0.0304. The number of imidazole rings is 1. The fraction of sp³-hybridized carbons (Fsp3) is 0.381. The van der Waals surface area contributed by atoms with Gasteiger partial charge in [-0.05, 0) is 42.8 Å². The Morgan fingerprint density at radius 2 is 2.00 bits per heavy atom. The van der Waals surface area contributed by atoms with E-state index in [1.54, 1.807) is 18.2 Å². The number of benzene rings is 1. The van der Waals surface area contributed by atoms with E-state index in [4.69, 9.17) is 9.72 Å². The van der Waals surface area contributed by atoms with Crippen molar-refractivity contribution in [3.63, 3.8) is 0 Å². The van der Waals surface area contributed by atoms with Gasteiger partial charge >= 0.3 is 6.36 Å². The molecule has 31 heavy (non-hydrogen) atoms. The first-order valence-electron chi connectivity index (χ1n) is 9.81. The molecule has 164 valence electrons. The Hall–Kier alpha value is -3.14. The number of hydrogen-bond donors (Lipinski definition) is 0. The number of ether oxygens (including phenoxy) is 2. The summed E-state index contributed by atoms with van der Waals surface area (Å²) in [5.41, 5.74) is 1.88. The van der Waals surface area contributed by atoms with Crippen molar-refractivity contribution < 1.29 is 27.4 Å². The Labute approximate surface area is 176 Å². The van der Waals surface area contributed by atoms with E-state index in [1.165, 1.54) is 12.1 Å². The maximum absolute atomic E-state index is 12.9. The lowest BCUT2D eigenvalue weighted by atomic mass is 10.1. The summed E-state index contributed by atoms with van der Waals surface area (Å²) in [6.07, 6.45) is -2.32. The maximum Gasteiger partial charge on any atom is 0.573 e. The molecule has 0 radical (unpaired) electrons. The SMILES string of the molecule is COCCn1c([C@@H]2CCN(C(=O)c3ccc(OC(F)(F)F)cc3)C2)nc2cccnc21. The van der Waals surface area contributed by atoms with Crippen molar-refractivity contribution in [1.29, 1.82) is 0 Å². The molecule has 1 fully saturated rings. The summed E-state index contributed by atoms with van der Waals surface area (Å²) in [5.74, 6) is 0.291. The van der Waals surface area contributed by atoms with Crippen LogP contribution in [-0.4, -0.2) is 58.5 Å². The van der Waals surface area contributed by atoms with Gasteiger partial charge in [0.2, 0.25) is 0 Å². The summed E-state index contributed by atoms with van der Waals surface area (Å²) in [6.45, 7) is 2.11. The predicted octanol–water partition coefficient (Wildman–Crippen LogP) is 3.61. The molecular weight excluding hydrogens is 413 g/mol. The quantitative estimate of drug-likeness (QED) is 0.593. The van der Waals surface area contributed by atoms with Crippen LogP contribution in [-0.2, 0) is 11.3 Å². The molecule has 3 heterocycles. The predicted molar refractivity (Wildman–Crippen MR) is 106 cm³/mol. The number of rotatable bonds is 6. The Morgan fingerprint density at radius 3 is 2.71 bits per heavy atom. The third kappa shape index (κ3) is 4.63. The van der Waals surface area contributed by atoms with Crippen molar-refractivity contribution in [1.82, 2.24) is 19.4 Å². The van der Waals surface area contributed by atoms with Crippen molar-refractivity contribution in [3.8, 4) is 5.75 Å². The number of methoxy groups -OCH3 is 1. The lowest BCUT2D eigenvalue weighted by molar-refractivity contribution is -0.274. The van der Waals surface area contributed by atoms with Crippen LogP contribution in [0.2, 0.25) is 0 Å². The third-order valence-corrected chi connectivity index (χ3v) is 5.23. The minimum Gasteiger partial charge on any atom is -0.406 e. The van der Waals surface area contributed by atoms with E-state index in [2.05, 4.69) is 9.72 Å². The molecule has 0 spiro atoms. The molecule has 0 aliphatic carbocycles. The highest BCUT2D eigenvalue weighted by Gasteiger charge is 2.33. The molecule has 0 unspecified atom stereocenters. The van der Waals surface area contributed by atoms with Crippen molar-refractivity contribution in [2.45, 2.75) is 25.2 Å². The molecule has 3 aromatic rings. The molecule has 1 amide bonds. The van der Waals surface area contributed by atoms with Gasteiger partial charge in [-0.25, -0.2) is 9.97 Å². The highest BCUT2D eigenvalue weighted by atomic mass is 19.4. The largest absolute Gasteiger partial charge is 0.573 e. The van der Waals surface area contributed by atoms with Gasteiger partial charge in [0, 0.05) is 44.4 Å². The van der Waals surface area contributed by atoms with Crippen LogP contribution in [0.3, 0.4) is 0 Å². The zero-order valence-electron chi connectivity index (χ0n) is 16.8. The molecule has 7 nitrogen and oxygen atoms in total. The molecule has 4 rings (SSSR count). The number of aromatic nitrogens is 3. The van der Waals surface area contributed by atoms with Gasteiger partial charge in [0.1, 0.15) is 17.1 Å². The molecule has 0 saturated carbocycles. The number of carbonyl (C=O) groups excluding carboxylic acids is 1. The number of alkyl halides is 3. The Morgan fingerprint density at radius 1 is 1.23 bits per heavy atom.